The second-order valence-electron chi connectivity index (χ2n) is 14.7. The maximum absolute atomic E-state index is 5.09. The minimum absolute atomic E-state index is 0.0726. The highest BCUT2D eigenvalue weighted by molar-refractivity contribution is 5.84. The third kappa shape index (κ3) is 7.81. The van der Waals surface area contributed by atoms with E-state index in [4.69, 9.17) is 44.9 Å². The Hall–Kier alpha value is -6.09. The molecule has 7 rings (SSSR count). The van der Waals surface area contributed by atoms with Gasteiger partial charge in [-0.15, -0.1) is 0 Å². The van der Waals surface area contributed by atoms with Crippen molar-refractivity contribution in [2.75, 3.05) is 0 Å². The molecule has 3 aromatic heterocycles. The molecule has 9 heteroatoms. The Labute approximate surface area is 317 Å². The second-order valence-corrected chi connectivity index (χ2v) is 14.7. The normalized spacial score (nSPS) is 11.6. The standard InChI is InChI=1S/C45H45N9/c1-26(2)37-46-38(27(3)4)49-42(48-37)32-20-15-21-33(24-32)43-50-39(28(5)6)51-44(53-43)34-22-23-35(36(25-34)30-16-11-9-12-17-30)45-52-40(29(7)8)47-41(54-45)31-18-13-10-14-19-31/h9-29H,1-8H3. The molecule has 0 saturated heterocycles. The summed E-state index contributed by atoms with van der Waals surface area (Å²) >= 11 is 0. The van der Waals surface area contributed by atoms with Crippen LogP contribution in [0.25, 0.3) is 68.1 Å². The molecule has 54 heavy (non-hydrogen) atoms. The van der Waals surface area contributed by atoms with E-state index in [-0.39, 0.29) is 23.7 Å². The zero-order chi connectivity index (χ0) is 37.9. The number of benzene rings is 4. The zero-order valence-electron chi connectivity index (χ0n) is 32.1. The molecule has 0 aliphatic heterocycles. The third-order valence-corrected chi connectivity index (χ3v) is 9.06. The molecule has 4 aromatic carbocycles. The van der Waals surface area contributed by atoms with Gasteiger partial charge in [0, 0.05) is 51.5 Å². The first-order chi connectivity index (χ1) is 26.0. The molecular formula is C45H45N9. The molecule has 3 heterocycles. The van der Waals surface area contributed by atoms with E-state index in [0.717, 1.165) is 56.4 Å². The lowest BCUT2D eigenvalue weighted by Crippen LogP contribution is -2.08. The Bertz CT molecular complexity index is 2380. The summed E-state index contributed by atoms with van der Waals surface area (Å²) in [4.78, 5) is 44.4. The summed E-state index contributed by atoms with van der Waals surface area (Å²) in [5, 5.41) is 0. The van der Waals surface area contributed by atoms with Gasteiger partial charge in [-0.25, -0.2) is 44.9 Å². The van der Waals surface area contributed by atoms with Crippen LogP contribution in [0, 0.1) is 0 Å². The van der Waals surface area contributed by atoms with E-state index in [0.29, 0.717) is 34.9 Å². The topological polar surface area (TPSA) is 116 Å². The molecule has 0 saturated carbocycles. The van der Waals surface area contributed by atoms with Crippen LogP contribution in [-0.4, -0.2) is 44.9 Å². The van der Waals surface area contributed by atoms with E-state index < -0.39 is 0 Å². The molecule has 0 radical (unpaired) electrons. The van der Waals surface area contributed by atoms with Crippen LogP contribution in [-0.2, 0) is 0 Å². The molecule has 0 atom stereocenters. The van der Waals surface area contributed by atoms with Crippen molar-refractivity contribution >= 4 is 0 Å². The monoisotopic (exact) mass is 711 g/mol. The molecule has 0 aliphatic rings. The Morgan fingerprint density at radius 1 is 0.278 bits per heavy atom. The number of hydrogen-bond donors (Lipinski definition) is 0. The van der Waals surface area contributed by atoms with Crippen LogP contribution in [0.5, 0.6) is 0 Å². The highest BCUT2D eigenvalue weighted by atomic mass is 15.1. The van der Waals surface area contributed by atoms with E-state index in [1.807, 2.05) is 72.8 Å². The van der Waals surface area contributed by atoms with E-state index >= 15 is 0 Å². The van der Waals surface area contributed by atoms with Crippen molar-refractivity contribution in [2.45, 2.75) is 79.1 Å². The van der Waals surface area contributed by atoms with Gasteiger partial charge < -0.3 is 0 Å². The number of nitrogens with zero attached hydrogens (tertiary/aromatic N) is 9. The van der Waals surface area contributed by atoms with Gasteiger partial charge in [0.1, 0.15) is 23.3 Å². The zero-order valence-corrected chi connectivity index (χ0v) is 32.1. The first kappa shape index (κ1) is 36.3. The fourth-order valence-electron chi connectivity index (χ4n) is 5.98. The van der Waals surface area contributed by atoms with Gasteiger partial charge in [0.05, 0.1) is 0 Å². The predicted octanol–water partition coefficient (Wildman–Crippen LogP) is 10.7. The minimum Gasteiger partial charge on any atom is -0.217 e. The molecule has 7 aromatic rings. The smallest absolute Gasteiger partial charge is 0.164 e. The quantitative estimate of drug-likeness (QED) is 0.137. The number of rotatable bonds is 10. The first-order valence-electron chi connectivity index (χ1n) is 18.7. The molecule has 9 nitrogen and oxygen atoms in total. The van der Waals surface area contributed by atoms with E-state index in [1.54, 1.807) is 0 Å². The van der Waals surface area contributed by atoms with Crippen molar-refractivity contribution in [3.8, 4) is 68.1 Å². The first-order valence-corrected chi connectivity index (χ1v) is 18.7. The van der Waals surface area contributed by atoms with Crippen molar-refractivity contribution in [1.82, 2.24) is 44.9 Å². The lowest BCUT2D eigenvalue weighted by atomic mass is 9.96. The largest absolute Gasteiger partial charge is 0.217 e. The highest BCUT2D eigenvalue weighted by Crippen LogP contribution is 2.36. The van der Waals surface area contributed by atoms with Gasteiger partial charge in [-0.1, -0.05) is 140 Å². The average molecular weight is 712 g/mol. The van der Waals surface area contributed by atoms with Crippen LogP contribution in [0.15, 0.2) is 103 Å². The Balaban J connectivity index is 1.36. The second kappa shape index (κ2) is 15.5. The molecular weight excluding hydrogens is 667 g/mol. The maximum Gasteiger partial charge on any atom is 0.164 e. The molecule has 0 spiro atoms. The van der Waals surface area contributed by atoms with Crippen molar-refractivity contribution < 1.29 is 0 Å². The van der Waals surface area contributed by atoms with Crippen LogP contribution < -0.4 is 0 Å². The summed E-state index contributed by atoms with van der Waals surface area (Å²) in [7, 11) is 0. The number of hydrogen-bond acceptors (Lipinski definition) is 9. The van der Waals surface area contributed by atoms with E-state index in [2.05, 4.69) is 85.7 Å². The van der Waals surface area contributed by atoms with Crippen molar-refractivity contribution in [3.63, 3.8) is 0 Å². The summed E-state index contributed by atoms with van der Waals surface area (Å²) in [5.41, 5.74) is 6.45. The lowest BCUT2D eigenvalue weighted by molar-refractivity contribution is 0.697. The van der Waals surface area contributed by atoms with Gasteiger partial charge in [0.15, 0.2) is 29.1 Å². The van der Waals surface area contributed by atoms with Gasteiger partial charge in [-0.3, -0.25) is 0 Å². The third-order valence-electron chi connectivity index (χ3n) is 9.06. The highest BCUT2D eigenvalue weighted by Gasteiger charge is 2.20. The summed E-state index contributed by atoms with van der Waals surface area (Å²) < 4.78 is 0. The fraction of sp³-hybridized carbons (Fsp3) is 0.267. The van der Waals surface area contributed by atoms with Crippen molar-refractivity contribution in [1.29, 1.82) is 0 Å². The summed E-state index contributed by atoms with van der Waals surface area (Å²) in [6, 6.07) is 34.7. The van der Waals surface area contributed by atoms with Gasteiger partial charge in [0.25, 0.3) is 0 Å². The van der Waals surface area contributed by atoms with E-state index in [1.165, 1.54) is 0 Å². The molecule has 270 valence electrons. The molecule has 0 fully saturated rings. The summed E-state index contributed by atoms with van der Waals surface area (Å²) in [6.07, 6.45) is 0. The minimum atomic E-state index is 0.0726. The predicted molar refractivity (Wildman–Crippen MR) is 216 cm³/mol. The van der Waals surface area contributed by atoms with Gasteiger partial charge in [-0.05, 0) is 29.3 Å². The molecule has 0 N–H and O–H groups in total. The SMILES string of the molecule is CC(C)c1nc(-c2cccc(-c3nc(C(C)C)nc(C(C)C)n3)c2)nc(-c2ccc(-c3nc(-c4ccccc4)nc(C(C)C)n3)c(-c3ccccc3)c2)n1. The number of aromatic nitrogens is 9. The van der Waals surface area contributed by atoms with E-state index in [9.17, 15) is 0 Å². The summed E-state index contributed by atoms with van der Waals surface area (Å²) in [6.45, 7) is 16.8. The van der Waals surface area contributed by atoms with Gasteiger partial charge >= 0.3 is 0 Å². The fourth-order valence-corrected chi connectivity index (χ4v) is 5.98. The Kier molecular flexibility index (Phi) is 10.4. The Morgan fingerprint density at radius 2 is 0.648 bits per heavy atom. The average Bonchev–Trinajstić information content (AvgIpc) is 3.20. The lowest BCUT2D eigenvalue weighted by Gasteiger charge is -2.15. The van der Waals surface area contributed by atoms with Crippen LogP contribution in [0.3, 0.4) is 0 Å². The molecule has 0 unspecified atom stereocenters. The van der Waals surface area contributed by atoms with Gasteiger partial charge in [0.2, 0.25) is 0 Å². The molecule has 0 bridgehead atoms. The Morgan fingerprint density at radius 3 is 1.15 bits per heavy atom. The van der Waals surface area contributed by atoms with Crippen LogP contribution in [0.1, 0.15) is 102 Å². The van der Waals surface area contributed by atoms with Crippen molar-refractivity contribution in [3.05, 3.63) is 126 Å². The maximum atomic E-state index is 5.09. The molecule has 0 amide bonds. The van der Waals surface area contributed by atoms with Crippen LogP contribution in [0.4, 0.5) is 0 Å². The summed E-state index contributed by atoms with van der Waals surface area (Å²) in [5.74, 6) is 6.65. The van der Waals surface area contributed by atoms with Gasteiger partial charge in [-0.2, -0.15) is 0 Å². The van der Waals surface area contributed by atoms with Crippen LogP contribution >= 0.6 is 0 Å². The molecule has 0 aliphatic carbocycles. The van der Waals surface area contributed by atoms with Crippen LogP contribution in [0.2, 0.25) is 0 Å². The van der Waals surface area contributed by atoms with Crippen molar-refractivity contribution in [2.24, 2.45) is 0 Å².